The van der Waals surface area contributed by atoms with Crippen LogP contribution in [0.15, 0.2) is 24.3 Å². The number of benzene rings is 1. The van der Waals surface area contributed by atoms with E-state index in [-0.39, 0.29) is 5.69 Å². The zero-order valence-corrected chi connectivity index (χ0v) is 8.95. The first-order chi connectivity index (χ1) is 7.89. The van der Waals surface area contributed by atoms with Crippen molar-refractivity contribution in [2.75, 3.05) is 0 Å². The summed E-state index contributed by atoms with van der Waals surface area (Å²) >= 11 is 0. The number of halogens is 3. The number of nitrogens with zero attached hydrogens (tertiary/aromatic N) is 2. The number of alkyl halides is 3. The van der Waals surface area contributed by atoms with Crippen LogP contribution in [0.3, 0.4) is 0 Å². The molecule has 6 heteroatoms. The molecule has 0 unspecified atom stereocenters. The Bertz CT molecular complexity index is 572. The van der Waals surface area contributed by atoms with Crippen LogP contribution in [-0.2, 0) is 18.3 Å². The van der Waals surface area contributed by atoms with Crippen LogP contribution in [0.5, 0.6) is 0 Å². The summed E-state index contributed by atoms with van der Waals surface area (Å²) in [6.45, 7) is 0. The van der Waals surface area contributed by atoms with E-state index in [1.165, 1.54) is 4.68 Å². The number of aryl methyl sites for hydroxylation is 1. The third-order valence-corrected chi connectivity index (χ3v) is 2.48. The number of carbonyl (C=O) groups is 1. The van der Waals surface area contributed by atoms with Crippen molar-refractivity contribution in [3.05, 3.63) is 30.0 Å². The van der Waals surface area contributed by atoms with Crippen molar-refractivity contribution in [2.45, 2.75) is 12.6 Å². The molecule has 90 valence electrons. The molecule has 3 nitrogen and oxygen atoms in total. The van der Waals surface area contributed by atoms with Gasteiger partial charge in [0.05, 0.1) is 17.6 Å². The largest absolute Gasteiger partial charge is 0.450 e. The molecule has 0 aliphatic carbocycles. The first-order valence-electron chi connectivity index (χ1n) is 4.90. The highest BCUT2D eigenvalue weighted by atomic mass is 19.4. The van der Waals surface area contributed by atoms with E-state index in [2.05, 4.69) is 5.10 Å². The topological polar surface area (TPSA) is 34.9 Å². The first-order valence-corrected chi connectivity index (χ1v) is 4.90. The Morgan fingerprint density at radius 3 is 2.65 bits per heavy atom. The van der Waals surface area contributed by atoms with E-state index in [0.717, 1.165) is 0 Å². The normalized spacial score (nSPS) is 12.0. The quantitative estimate of drug-likeness (QED) is 0.809. The number of hydrogen-bond acceptors (Lipinski definition) is 2. The van der Waals surface area contributed by atoms with Gasteiger partial charge in [0.2, 0.25) is 5.78 Å². The highest BCUT2D eigenvalue weighted by molar-refractivity contribution is 5.91. The van der Waals surface area contributed by atoms with Crippen molar-refractivity contribution < 1.29 is 18.0 Å². The minimum absolute atomic E-state index is 0.158. The summed E-state index contributed by atoms with van der Waals surface area (Å²) in [6.07, 6.45) is -5.52. The molecule has 0 aliphatic heterocycles. The molecule has 1 aromatic carbocycles. The van der Waals surface area contributed by atoms with Gasteiger partial charge in [-0.2, -0.15) is 18.3 Å². The van der Waals surface area contributed by atoms with E-state index >= 15 is 0 Å². The zero-order valence-electron chi connectivity index (χ0n) is 8.95. The third kappa shape index (κ3) is 2.15. The lowest BCUT2D eigenvalue weighted by Gasteiger charge is -2.02. The third-order valence-electron chi connectivity index (χ3n) is 2.48. The Hall–Kier alpha value is -1.85. The second-order valence-corrected chi connectivity index (χ2v) is 3.69. The predicted octanol–water partition coefficient (Wildman–Crippen LogP) is 2.25. The van der Waals surface area contributed by atoms with Crippen LogP contribution < -0.4 is 0 Å². The lowest BCUT2D eigenvalue weighted by atomic mass is 10.1. The van der Waals surface area contributed by atoms with Gasteiger partial charge in [-0.05, 0) is 6.07 Å². The SMILES string of the molecule is Cn1nc(CC(=O)C(F)(F)F)c2ccccc21. The fourth-order valence-corrected chi connectivity index (χ4v) is 1.67. The maximum Gasteiger partial charge on any atom is 0.450 e. The molecule has 0 saturated heterocycles. The van der Waals surface area contributed by atoms with E-state index in [0.29, 0.717) is 10.9 Å². The average Bonchev–Trinajstić information content (AvgIpc) is 2.56. The van der Waals surface area contributed by atoms with E-state index in [4.69, 9.17) is 0 Å². The molecule has 0 spiro atoms. The van der Waals surface area contributed by atoms with Gasteiger partial charge in [0.1, 0.15) is 0 Å². The summed E-state index contributed by atoms with van der Waals surface area (Å²) in [5, 5.41) is 4.52. The molecular weight excluding hydrogens is 233 g/mol. The summed E-state index contributed by atoms with van der Waals surface area (Å²) in [5.41, 5.74) is 0.864. The Morgan fingerprint density at radius 1 is 1.35 bits per heavy atom. The summed E-state index contributed by atoms with van der Waals surface area (Å²) in [7, 11) is 1.63. The van der Waals surface area contributed by atoms with Crippen LogP contribution in [0.1, 0.15) is 5.69 Å². The second kappa shape index (κ2) is 3.87. The summed E-state index contributed by atoms with van der Waals surface area (Å²) < 4.78 is 37.9. The van der Waals surface area contributed by atoms with Gasteiger partial charge in [0, 0.05) is 12.4 Å². The van der Waals surface area contributed by atoms with Gasteiger partial charge in [0.15, 0.2) is 0 Å². The van der Waals surface area contributed by atoms with Gasteiger partial charge >= 0.3 is 6.18 Å². The number of fused-ring (bicyclic) bond motifs is 1. The van der Waals surface area contributed by atoms with Crippen molar-refractivity contribution in [1.29, 1.82) is 0 Å². The molecule has 0 fully saturated rings. The highest BCUT2D eigenvalue weighted by Crippen LogP contribution is 2.22. The van der Waals surface area contributed by atoms with Crippen molar-refractivity contribution in [3.8, 4) is 0 Å². The Balaban J connectivity index is 2.41. The average molecular weight is 242 g/mol. The Morgan fingerprint density at radius 2 is 2.00 bits per heavy atom. The number of hydrogen-bond donors (Lipinski definition) is 0. The number of carbonyl (C=O) groups excluding carboxylic acids is 1. The highest BCUT2D eigenvalue weighted by Gasteiger charge is 2.38. The lowest BCUT2D eigenvalue weighted by Crippen LogP contribution is -2.24. The Labute approximate surface area is 94.8 Å². The first kappa shape index (κ1) is 11.6. The van der Waals surface area contributed by atoms with Gasteiger partial charge in [-0.3, -0.25) is 9.48 Å². The molecule has 1 heterocycles. The van der Waals surface area contributed by atoms with Gasteiger partial charge in [-0.15, -0.1) is 0 Å². The number of ketones is 1. The van der Waals surface area contributed by atoms with E-state index in [9.17, 15) is 18.0 Å². The molecule has 0 radical (unpaired) electrons. The van der Waals surface area contributed by atoms with Crippen molar-refractivity contribution in [3.63, 3.8) is 0 Å². The maximum atomic E-state index is 12.2. The maximum absolute atomic E-state index is 12.2. The van der Waals surface area contributed by atoms with E-state index in [1.807, 2.05) is 0 Å². The zero-order chi connectivity index (χ0) is 12.6. The van der Waals surface area contributed by atoms with E-state index in [1.54, 1.807) is 31.3 Å². The van der Waals surface area contributed by atoms with Gasteiger partial charge < -0.3 is 0 Å². The van der Waals surface area contributed by atoms with Gasteiger partial charge in [0.25, 0.3) is 0 Å². The molecule has 0 saturated carbocycles. The number of Topliss-reactive ketones (excluding diaryl/α,β-unsaturated/α-hetero) is 1. The summed E-state index contributed by atoms with van der Waals surface area (Å²) in [4.78, 5) is 10.9. The number of rotatable bonds is 2. The number of para-hydroxylation sites is 1. The smallest absolute Gasteiger partial charge is 0.289 e. The molecule has 2 rings (SSSR count). The summed E-state index contributed by atoms with van der Waals surface area (Å²) in [5.74, 6) is -1.78. The molecule has 1 aromatic heterocycles. The van der Waals surface area contributed by atoms with Crippen molar-refractivity contribution >= 4 is 16.7 Å². The molecule has 0 N–H and O–H groups in total. The van der Waals surface area contributed by atoms with E-state index < -0.39 is 18.4 Å². The van der Waals surface area contributed by atoms with Gasteiger partial charge in [-0.25, -0.2) is 0 Å². The molecule has 0 bridgehead atoms. The molecule has 17 heavy (non-hydrogen) atoms. The van der Waals surface area contributed by atoms with Crippen molar-refractivity contribution in [1.82, 2.24) is 9.78 Å². The van der Waals surface area contributed by atoms with Gasteiger partial charge in [-0.1, -0.05) is 18.2 Å². The van der Waals surface area contributed by atoms with Crippen LogP contribution in [0.2, 0.25) is 0 Å². The van der Waals surface area contributed by atoms with Crippen LogP contribution in [0, 0.1) is 0 Å². The minimum atomic E-state index is -4.81. The van der Waals surface area contributed by atoms with Crippen LogP contribution in [0.4, 0.5) is 13.2 Å². The molecule has 0 aliphatic rings. The fourth-order valence-electron chi connectivity index (χ4n) is 1.67. The number of aromatic nitrogens is 2. The van der Waals surface area contributed by atoms with Crippen LogP contribution in [-0.4, -0.2) is 21.7 Å². The van der Waals surface area contributed by atoms with Crippen molar-refractivity contribution in [2.24, 2.45) is 7.05 Å². The van der Waals surface area contributed by atoms with Crippen LogP contribution in [0.25, 0.3) is 10.9 Å². The monoisotopic (exact) mass is 242 g/mol. The molecule has 0 amide bonds. The fraction of sp³-hybridized carbons (Fsp3) is 0.273. The lowest BCUT2D eigenvalue weighted by molar-refractivity contribution is -0.170. The summed E-state index contributed by atoms with van der Waals surface area (Å²) in [6, 6.07) is 6.86. The second-order valence-electron chi connectivity index (χ2n) is 3.69. The molecular formula is C11H9F3N2O. The molecule has 0 atom stereocenters. The predicted molar refractivity (Wildman–Crippen MR) is 55.5 cm³/mol. The van der Waals surface area contributed by atoms with Crippen LogP contribution >= 0.6 is 0 Å². The minimum Gasteiger partial charge on any atom is -0.289 e. The standard InChI is InChI=1S/C11H9F3N2O/c1-16-9-5-3-2-4-7(9)8(15-16)6-10(17)11(12,13)14/h2-5H,6H2,1H3. The molecule has 2 aromatic rings. The Kier molecular flexibility index (Phi) is 2.65.